The molecule has 1 heterocycles. The predicted molar refractivity (Wildman–Crippen MR) is 104 cm³/mol. The van der Waals surface area contributed by atoms with Gasteiger partial charge in [0.25, 0.3) is 5.91 Å². The van der Waals surface area contributed by atoms with Crippen molar-refractivity contribution < 1.29 is 9.59 Å². The summed E-state index contributed by atoms with van der Waals surface area (Å²) in [5, 5.41) is 1.14. The van der Waals surface area contributed by atoms with Crippen LogP contribution in [0.3, 0.4) is 0 Å². The fourth-order valence-electron chi connectivity index (χ4n) is 2.32. The Morgan fingerprint density at radius 3 is 2.52 bits per heavy atom. The highest BCUT2D eigenvalue weighted by atomic mass is 32.2. The molecule has 0 bridgehead atoms. The molecular weight excluding hydrogens is 352 g/mol. The normalized spacial score (nSPS) is 15.7. The first kappa shape index (κ1) is 17.4. The van der Waals surface area contributed by atoms with E-state index in [0.717, 1.165) is 21.7 Å². The standard InChI is InChI=1S/C19H16N2O2S2/c1-13-7-9-15(10-8-13)11-16-18(23)21(19(24)25-16)20-17(22)12-14-5-3-2-4-6-14/h2-11H,12H2,1H3,(H,20,22)/b16-11+. The predicted octanol–water partition coefficient (Wildman–Crippen LogP) is 3.47. The molecule has 1 N–H and O–H groups in total. The maximum atomic E-state index is 12.5. The maximum Gasteiger partial charge on any atom is 0.285 e. The van der Waals surface area contributed by atoms with E-state index in [0.29, 0.717) is 9.23 Å². The van der Waals surface area contributed by atoms with Gasteiger partial charge >= 0.3 is 0 Å². The molecule has 2 amide bonds. The summed E-state index contributed by atoms with van der Waals surface area (Å²) in [6.07, 6.45) is 1.97. The molecule has 0 aliphatic carbocycles. The minimum atomic E-state index is -0.308. The molecule has 25 heavy (non-hydrogen) atoms. The highest BCUT2D eigenvalue weighted by Gasteiger charge is 2.33. The van der Waals surface area contributed by atoms with Crippen LogP contribution in [-0.4, -0.2) is 21.1 Å². The van der Waals surface area contributed by atoms with Crippen LogP contribution < -0.4 is 5.43 Å². The fourth-order valence-corrected chi connectivity index (χ4v) is 3.50. The van der Waals surface area contributed by atoms with Crippen molar-refractivity contribution in [1.82, 2.24) is 10.4 Å². The van der Waals surface area contributed by atoms with Gasteiger partial charge < -0.3 is 0 Å². The molecule has 4 nitrogen and oxygen atoms in total. The van der Waals surface area contributed by atoms with Gasteiger partial charge in [0.1, 0.15) is 0 Å². The molecule has 0 radical (unpaired) electrons. The van der Waals surface area contributed by atoms with Gasteiger partial charge in [-0.25, -0.2) is 0 Å². The largest absolute Gasteiger partial charge is 0.285 e. The van der Waals surface area contributed by atoms with Gasteiger partial charge in [-0.2, -0.15) is 5.01 Å². The molecule has 0 spiro atoms. The minimum Gasteiger partial charge on any atom is -0.273 e. The molecule has 2 aromatic rings. The van der Waals surface area contributed by atoms with E-state index >= 15 is 0 Å². The lowest BCUT2D eigenvalue weighted by molar-refractivity contribution is -0.132. The van der Waals surface area contributed by atoms with Crippen LogP contribution in [-0.2, 0) is 16.0 Å². The molecule has 1 aliphatic rings. The summed E-state index contributed by atoms with van der Waals surface area (Å²) in [7, 11) is 0. The van der Waals surface area contributed by atoms with Crippen LogP contribution >= 0.6 is 24.0 Å². The molecule has 0 saturated carbocycles. The number of hydrogen-bond donors (Lipinski definition) is 1. The van der Waals surface area contributed by atoms with Gasteiger partial charge in [-0.15, -0.1) is 0 Å². The van der Waals surface area contributed by atoms with Gasteiger partial charge in [-0.05, 0) is 36.3 Å². The van der Waals surface area contributed by atoms with Crippen LogP contribution in [0.25, 0.3) is 6.08 Å². The Hall–Kier alpha value is -2.44. The van der Waals surface area contributed by atoms with Gasteiger partial charge in [0.05, 0.1) is 11.3 Å². The smallest absolute Gasteiger partial charge is 0.273 e. The third-order valence-electron chi connectivity index (χ3n) is 3.61. The summed E-state index contributed by atoms with van der Waals surface area (Å²) >= 11 is 6.41. The van der Waals surface area contributed by atoms with Crippen molar-refractivity contribution in [3.05, 3.63) is 76.2 Å². The fraction of sp³-hybridized carbons (Fsp3) is 0.105. The molecule has 1 saturated heterocycles. The van der Waals surface area contributed by atoms with Crippen molar-refractivity contribution in [1.29, 1.82) is 0 Å². The van der Waals surface area contributed by atoms with Crippen LogP contribution in [0.5, 0.6) is 0 Å². The average Bonchev–Trinajstić information content (AvgIpc) is 2.85. The van der Waals surface area contributed by atoms with Gasteiger partial charge in [0.2, 0.25) is 5.91 Å². The molecule has 0 aromatic heterocycles. The number of hydrazine groups is 1. The second kappa shape index (κ2) is 7.63. The number of thiocarbonyl (C=S) groups is 1. The summed E-state index contributed by atoms with van der Waals surface area (Å²) in [4.78, 5) is 25.2. The second-order valence-electron chi connectivity index (χ2n) is 5.63. The van der Waals surface area contributed by atoms with E-state index in [4.69, 9.17) is 12.2 Å². The van der Waals surface area contributed by atoms with E-state index in [-0.39, 0.29) is 18.2 Å². The first-order chi connectivity index (χ1) is 12.0. The molecule has 0 unspecified atom stereocenters. The van der Waals surface area contributed by atoms with Gasteiger partial charge in [0, 0.05) is 0 Å². The van der Waals surface area contributed by atoms with E-state index in [1.165, 1.54) is 11.8 Å². The summed E-state index contributed by atoms with van der Waals surface area (Å²) in [5.74, 6) is -0.587. The van der Waals surface area contributed by atoms with E-state index in [9.17, 15) is 9.59 Å². The summed E-state index contributed by atoms with van der Waals surface area (Å²) < 4.78 is 0.324. The van der Waals surface area contributed by atoms with Crippen LogP contribution in [0, 0.1) is 6.92 Å². The summed E-state index contributed by atoms with van der Waals surface area (Å²) in [6, 6.07) is 17.2. The Bertz CT molecular complexity index is 845. The Morgan fingerprint density at radius 1 is 1.16 bits per heavy atom. The highest BCUT2D eigenvalue weighted by molar-refractivity contribution is 8.26. The number of thioether (sulfide) groups is 1. The van der Waals surface area contributed by atoms with E-state index < -0.39 is 0 Å². The van der Waals surface area contributed by atoms with Crippen molar-refractivity contribution in [2.75, 3.05) is 0 Å². The number of benzene rings is 2. The number of rotatable bonds is 4. The summed E-state index contributed by atoms with van der Waals surface area (Å²) in [5.41, 5.74) is 5.54. The van der Waals surface area contributed by atoms with Crippen molar-refractivity contribution in [2.45, 2.75) is 13.3 Å². The average molecular weight is 368 g/mol. The number of aryl methyl sites for hydroxylation is 1. The van der Waals surface area contributed by atoms with Crippen LogP contribution in [0.1, 0.15) is 16.7 Å². The van der Waals surface area contributed by atoms with Crippen molar-refractivity contribution in [3.63, 3.8) is 0 Å². The van der Waals surface area contributed by atoms with Crippen molar-refractivity contribution in [3.8, 4) is 0 Å². The molecular formula is C19H16N2O2S2. The molecule has 2 aromatic carbocycles. The topological polar surface area (TPSA) is 49.4 Å². The number of nitrogens with one attached hydrogen (secondary N) is 1. The summed E-state index contributed by atoms with van der Waals surface area (Å²) in [6.45, 7) is 2.01. The molecule has 6 heteroatoms. The lowest BCUT2D eigenvalue weighted by Gasteiger charge is -2.15. The molecule has 1 aliphatic heterocycles. The van der Waals surface area contributed by atoms with E-state index in [2.05, 4.69) is 5.43 Å². The lowest BCUT2D eigenvalue weighted by atomic mass is 10.1. The monoisotopic (exact) mass is 368 g/mol. The van der Waals surface area contributed by atoms with Crippen molar-refractivity contribution >= 4 is 46.2 Å². The Balaban J connectivity index is 1.69. The lowest BCUT2D eigenvalue weighted by Crippen LogP contribution is -2.45. The Morgan fingerprint density at radius 2 is 1.84 bits per heavy atom. The van der Waals surface area contributed by atoms with Crippen LogP contribution in [0.15, 0.2) is 59.5 Å². The highest BCUT2D eigenvalue weighted by Crippen LogP contribution is 2.31. The third kappa shape index (κ3) is 4.35. The Kier molecular flexibility index (Phi) is 5.31. The number of carbonyl (C=O) groups is 2. The zero-order chi connectivity index (χ0) is 17.8. The molecule has 3 rings (SSSR count). The molecule has 1 fully saturated rings. The van der Waals surface area contributed by atoms with Gasteiger partial charge in [-0.1, -0.05) is 71.9 Å². The van der Waals surface area contributed by atoms with Crippen LogP contribution in [0.4, 0.5) is 0 Å². The quantitative estimate of drug-likeness (QED) is 0.663. The van der Waals surface area contributed by atoms with Crippen LogP contribution in [0.2, 0.25) is 0 Å². The zero-order valence-electron chi connectivity index (χ0n) is 13.6. The SMILES string of the molecule is Cc1ccc(/C=C2/SC(=S)N(NC(=O)Cc3ccccc3)C2=O)cc1. The number of amides is 2. The van der Waals surface area contributed by atoms with E-state index in [1.807, 2.05) is 61.5 Å². The number of nitrogens with zero attached hydrogens (tertiary/aromatic N) is 1. The van der Waals surface area contributed by atoms with Crippen molar-refractivity contribution in [2.24, 2.45) is 0 Å². The number of carbonyl (C=O) groups excluding carboxylic acids is 2. The number of hydrogen-bond acceptors (Lipinski definition) is 4. The maximum absolute atomic E-state index is 12.5. The van der Waals surface area contributed by atoms with E-state index in [1.54, 1.807) is 6.08 Å². The van der Waals surface area contributed by atoms with Gasteiger partial charge in [0.15, 0.2) is 4.32 Å². The molecule has 0 atom stereocenters. The third-order valence-corrected chi connectivity index (χ3v) is 4.91. The Labute approximate surface area is 155 Å². The first-order valence-corrected chi connectivity index (χ1v) is 8.93. The zero-order valence-corrected chi connectivity index (χ0v) is 15.2. The second-order valence-corrected chi connectivity index (χ2v) is 7.30. The first-order valence-electron chi connectivity index (χ1n) is 7.71. The molecule has 126 valence electrons. The van der Waals surface area contributed by atoms with Gasteiger partial charge in [-0.3, -0.25) is 15.0 Å². The minimum absolute atomic E-state index is 0.189.